The van der Waals surface area contributed by atoms with Gasteiger partial charge in [-0.3, -0.25) is 0 Å². The standard InChI is InChI=1S/C15H18FNO2/c1-3-17-11(2)15-13(16)7-4-8-14(15)19-10-12-6-5-9-18-12/h4-9,11,17H,3,10H2,1-2H3. The fraction of sp³-hybridized carbons (Fsp3) is 0.333. The molecule has 0 aliphatic carbocycles. The molecule has 2 rings (SSSR count). The molecular weight excluding hydrogens is 245 g/mol. The summed E-state index contributed by atoms with van der Waals surface area (Å²) in [5.41, 5.74) is 0.552. The van der Waals surface area contributed by atoms with Crippen molar-refractivity contribution in [3.05, 3.63) is 53.7 Å². The van der Waals surface area contributed by atoms with Gasteiger partial charge in [0.2, 0.25) is 0 Å². The number of nitrogens with one attached hydrogen (secondary N) is 1. The first-order valence-corrected chi connectivity index (χ1v) is 6.39. The number of halogens is 1. The summed E-state index contributed by atoms with van der Waals surface area (Å²) in [6, 6.07) is 8.39. The van der Waals surface area contributed by atoms with Crippen LogP contribution >= 0.6 is 0 Å². The van der Waals surface area contributed by atoms with Crippen LogP contribution in [0.3, 0.4) is 0 Å². The maximum absolute atomic E-state index is 13.9. The molecule has 1 aromatic heterocycles. The van der Waals surface area contributed by atoms with Gasteiger partial charge in [-0.05, 0) is 37.7 Å². The molecule has 1 N–H and O–H groups in total. The number of furan rings is 1. The summed E-state index contributed by atoms with van der Waals surface area (Å²) in [5.74, 6) is 1.00. The van der Waals surface area contributed by atoms with Gasteiger partial charge >= 0.3 is 0 Å². The first-order chi connectivity index (χ1) is 9.22. The Morgan fingerprint density at radius 1 is 1.32 bits per heavy atom. The summed E-state index contributed by atoms with van der Waals surface area (Å²) < 4.78 is 24.8. The quantitative estimate of drug-likeness (QED) is 0.863. The van der Waals surface area contributed by atoms with Crippen molar-refractivity contribution in [1.82, 2.24) is 5.32 Å². The van der Waals surface area contributed by atoms with Gasteiger partial charge in [0.1, 0.15) is 23.9 Å². The second-order valence-corrected chi connectivity index (χ2v) is 4.30. The predicted molar refractivity (Wildman–Crippen MR) is 71.5 cm³/mol. The van der Waals surface area contributed by atoms with Crippen molar-refractivity contribution >= 4 is 0 Å². The van der Waals surface area contributed by atoms with Gasteiger partial charge < -0.3 is 14.5 Å². The number of ether oxygens (including phenoxy) is 1. The van der Waals surface area contributed by atoms with E-state index >= 15 is 0 Å². The minimum atomic E-state index is -0.259. The smallest absolute Gasteiger partial charge is 0.146 e. The zero-order valence-electron chi connectivity index (χ0n) is 11.2. The molecule has 0 radical (unpaired) electrons. The Labute approximate surface area is 112 Å². The largest absolute Gasteiger partial charge is 0.485 e. The Hall–Kier alpha value is -1.81. The second-order valence-electron chi connectivity index (χ2n) is 4.30. The molecule has 0 spiro atoms. The number of hydrogen-bond acceptors (Lipinski definition) is 3. The zero-order chi connectivity index (χ0) is 13.7. The third-order valence-electron chi connectivity index (χ3n) is 2.91. The van der Waals surface area contributed by atoms with E-state index in [0.717, 1.165) is 6.54 Å². The van der Waals surface area contributed by atoms with E-state index in [9.17, 15) is 4.39 Å². The summed E-state index contributed by atoms with van der Waals surface area (Å²) in [6.45, 7) is 4.97. The molecule has 0 amide bonds. The average Bonchev–Trinajstić information content (AvgIpc) is 2.89. The number of benzene rings is 1. The Morgan fingerprint density at radius 2 is 2.16 bits per heavy atom. The van der Waals surface area contributed by atoms with Gasteiger partial charge in [-0.15, -0.1) is 0 Å². The molecule has 0 fully saturated rings. The molecule has 102 valence electrons. The summed E-state index contributed by atoms with van der Waals surface area (Å²) in [4.78, 5) is 0. The van der Waals surface area contributed by atoms with Crippen molar-refractivity contribution in [1.29, 1.82) is 0 Å². The monoisotopic (exact) mass is 263 g/mol. The summed E-state index contributed by atoms with van der Waals surface area (Å²) in [5, 5.41) is 3.19. The van der Waals surface area contributed by atoms with Crippen molar-refractivity contribution in [3.63, 3.8) is 0 Å². The van der Waals surface area contributed by atoms with Crippen LogP contribution in [0, 0.1) is 5.82 Å². The fourth-order valence-corrected chi connectivity index (χ4v) is 2.02. The molecule has 2 aromatic rings. The van der Waals surface area contributed by atoms with Crippen LogP contribution in [0.25, 0.3) is 0 Å². The van der Waals surface area contributed by atoms with Crippen LogP contribution in [0.4, 0.5) is 4.39 Å². The lowest BCUT2D eigenvalue weighted by Gasteiger charge is -2.18. The molecule has 19 heavy (non-hydrogen) atoms. The fourth-order valence-electron chi connectivity index (χ4n) is 2.02. The molecule has 1 heterocycles. The number of hydrogen-bond donors (Lipinski definition) is 1. The van der Waals surface area contributed by atoms with E-state index in [1.165, 1.54) is 6.07 Å². The lowest BCUT2D eigenvalue weighted by Crippen LogP contribution is -2.19. The van der Waals surface area contributed by atoms with E-state index in [2.05, 4.69) is 5.32 Å². The van der Waals surface area contributed by atoms with E-state index in [4.69, 9.17) is 9.15 Å². The Bertz CT molecular complexity index is 511. The van der Waals surface area contributed by atoms with Crippen molar-refractivity contribution in [2.45, 2.75) is 26.5 Å². The van der Waals surface area contributed by atoms with Gasteiger partial charge in [-0.1, -0.05) is 13.0 Å². The van der Waals surface area contributed by atoms with E-state index in [-0.39, 0.29) is 11.9 Å². The minimum Gasteiger partial charge on any atom is -0.485 e. The van der Waals surface area contributed by atoms with Gasteiger partial charge in [0.05, 0.1) is 6.26 Å². The van der Waals surface area contributed by atoms with Gasteiger partial charge in [0.25, 0.3) is 0 Å². The van der Waals surface area contributed by atoms with Gasteiger partial charge in [0.15, 0.2) is 0 Å². The zero-order valence-corrected chi connectivity index (χ0v) is 11.2. The molecule has 1 unspecified atom stereocenters. The predicted octanol–water partition coefficient (Wildman–Crippen LogP) is 3.67. The van der Waals surface area contributed by atoms with E-state index in [1.807, 2.05) is 19.9 Å². The number of rotatable bonds is 6. The maximum atomic E-state index is 13.9. The molecule has 0 saturated carbocycles. The minimum absolute atomic E-state index is 0.0993. The normalized spacial score (nSPS) is 12.4. The maximum Gasteiger partial charge on any atom is 0.146 e. The SMILES string of the molecule is CCNC(C)c1c(F)cccc1OCc1ccco1. The average molecular weight is 263 g/mol. The first kappa shape index (κ1) is 13.6. The van der Waals surface area contributed by atoms with Crippen LogP contribution < -0.4 is 10.1 Å². The van der Waals surface area contributed by atoms with Crippen LogP contribution in [0.2, 0.25) is 0 Å². The van der Waals surface area contributed by atoms with E-state index < -0.39 is 0 Å². The van der Waals surface area contributed by atoms with Gasteiger partial charge in [0, 0.05) is 11.6 Å². The molecule has 0 bridgehead atoms. The lowest BCUT2D eigenvalue weighted by molar-refractivity contribution is 0.264. The van der Waals surface area contributed by atoms with Crippen LogP contribution in [-0.2, 0) is 6.61 Å². The Morgan fingerprint density at radius 3 is 2.84 bits per heavy atom. The van der Waals surface area contributed by atoms with Crippen LogP contribution in [-0.4, -0.2) is 6.54 Å². The van der Waals surface area contributed by atoms with Crippen molar-refractivity contribution in [2.24, 2.45) is 0 Å². The Balaban J connectivity index is 2.17. The van der Waals surface area contributed by atoms with Crippen molar-refractivity contribution < 1.29 is 13.5 Å². The van der Waals surface area contributed by atoms with Crippen molar-refractivity contribution in [2.75, 3.05) is 6.54 Å². The summed E-state index contributed by atoms with van der Waals surface area (Å²) in [6.07, 6.45) is 1.59. The van der Waals surface area contributed by atoms with Gasteiger partial charge in [-0.25, -0.2) is 4.39 Å². The lowest BCUT2D eigenvalue weighted by atomic mass is 10.1. The topological polar surface area (TPSA) is 34.4 Å². The summed E-state index contributed by atoms with van der Waals surface area (Å²) in [7, 11) is 0. The molecular formula is C15H18FNO2. The van der Waals surface area contributed by atoms with Crippen LogP contribution in [0.5, 0.6) is 5.75 Å². The highest BCUT2D eigenvalue weighted by atomic mass is 19.1. The first-order valence-electron chi connectivity index (χ1n) is 6.39. The molecule has 0 saturated heterocycles. The molecule has 0 aliphatic rings. The second kappa shape index (κ2) is 6.38. The Kier molecular flexibility index (Phi) is 4.58. The van der Waals surface area contributed by atoms with Crippen molar-refractivity contribution in [3.8, 4) is 5.75 Å². The van der Waals surface area contributed by atoms with E-state index in [0.29, 0.717) is 23.7 Å². The summed E-state index contributed by atoms with van der Waals surface area (Å²) >= 11 is 0. The van der Waals surface area contributed by atoms with Crippen LogP contribution in [0.1, 0.15) is 31.2 Å². The van der Waals surface area contributed by atoms with Gasteiger partial charge in [-0.2, -0.15) is 0 Å². The third kappa shape index (κ3) is 3.35. The molecule has 3 nitrogen and oxygen atoms in total. The molecule has 0 aliphatic heterocycles. The molecule has 4 heteroatoms. The highest BCUT2D eigenvalue weighted by molar-refractivity contribution is 5.37. The molecule has 1 atom stereocenters. The molecule has 1 aromatic carbocycles. The highest BCUT2D eigenvalue weighted by Crippen LogP contribution is 2.28. The van der Waals surface area contributed by atoms with E-state index in [1.54, 1.807) is 24.5 Å². The third-order valence-corrected chi connectivity index (χ3v) is 2.91. The highest BCUT2D eigenvalue weighted by Gasteiger charge is 2.16. The van der Waals surface area contributed by atoms with Crippen LogP contribution in [0.15, 0.2) is 41.0 Å².